The Hall–Kier alpha value is -1.57. The van der Waals surface area contributed by atoms with E-state index < -0.39 is 33.7 Å². The Balaban J connectivity index is 3.06. The van der Waals surface area contributed by atoms with E-state index in [2.05, 4.69) is 21.2 Å². The molecule has 1 rings (SSSR count). The number of halogens is 3. The summed E-state index contributed by atoms with van der Waals surface area (Å²) in [6.07, 6.45) is 0.647. The molecule has 0 spiro atoms. The van der Waals surface area contributed by atoms with Crippen LogP contribution in [-0.2, 0) is 0 Å². The highest BCUT2D eigenvalue weighted by Crippen LogP contribution is 2.22. The van der Waals surface area contributed by atoms with Crippen LogP contribution in [0.15, 0.2) is 12.1 Å². The van der Waals surface area contributed by atoms with Crippen molar-refractivity contribution in [2.45, 2.75) is 26.3 Å². The molecule has 0 saturated carbocycles. The maximum Gasteiger partial charge on any atom is 0.285 e. The number of alkyl halides is 1. The van der Waals surface area contributed by atoms with Crippen molar-refractivity contribution in [1.82, 2.24) is 5.32 Å². The Kier molecular flexibility index (Phi) is 6.19. The maximum absolute atomic E-state index is 13.2. The third kappa shape index (κ3) is 4.73. The zero-order chi connectivity index (χ0) is 16.2. The number of benzene rings is 1. The van der Waals surface area contributed by atoms with Gasteiger partial charge >= 0.3 is 0 Å². The SMILES string of the molecule is CC(C)CC(CBr)NC(=O)c1cc(F)c(F)cc1[N+](=O)[O-]. The second-order valence-electron chi connectivity index (χ2n) is 4.99. The fourth-order valence-electron chi connectivity index (χ4n) is 1.86. The van der Waals surface area contributed by atoms with Crippen LogP contribution in [0.5, 0.6) is 0 Å². The lowest BCUT2D eigenvalue weighted by Gasteiger charge is -2.18. The first-order chi connectivity index (χ1) is 9.76. The predicted octanol–water partition coefficient (Wildman–Crippen LogP) is 3.41. The van der Waals surface area contributed by atoms with E-state index in [1.54, 1.807) is 0 Å². The zero-order valence-electron chi connectivity index (χ0n) is 11.5. The Morgan fingerprint density at radius 2 is 1.95 bits per heavy atom. The number of rotatable bonds is 6. The van der Waals surface area contributed by atoms with Crippen LogP contribution in [0.25, 0.3) is 0 Å². The molecule has 1 aromatic rings. The largest absolute Gasteiger partial charge is 0.348 e. The normalized spacial score (nSPS) is 12.3. The van der Waals surface area contributed by atoms with Crippen LogP contribution >= 0.6 is 15.9 Å². The summed E-state index contributed by atoms with van der Waals surface area (Å²) in [5, 5.41) is 13.9. The average Bonchev–Trinajstić information content (AvgIpc) is 2.39. The minimum atomic E-state index is -1.36. The van der Waals surface area contributed by atoms with Gasteiger partial charge < -0.3 is 5.32 Å². The molecule has 116 valence electrons. The van der Waals surface area contributed by atoms with E-state index in [1.165, 1.54) is 0 Å². The van der Waals surface area contributed by atoms with Gasteiger partial charge in [0.15, 0.2) is 11.6 Å². The predicted molar refractivity (Wildman–Crippen MR) is 77.5 cm³/mol. The first-order valence-electron chi connectivity index (χ1n) is 6.26. The molecular formula is C13H15BrF2N2O3. The summed E-state index contributed by atoms with van der Waals surface area (Å²) in [6.45, 7) is 3.92. The van der Waals surface area contributed by atoms with Crippen molar-refractivity contribution >= 4 is 27.5 Å². The van der Waals surface area contributed by atoms with Crippen molar-refractivity contribution in [2.24, 2.45) is 5.92 Å². The van der Waals surface area contributed by atoms with Crippen LogP contribution < -0.4 is 5.32 Å². The molecular weight excluding hydrogens is 350 g/mol. The smallest absolute Gasteiger partial charge is 0.285 e. The molecule has 1 amide bonds. The number of nitro groups is 1. The zero-order valence-corrected chi connectivity index (χ0v) is 13.1. The van der Waals surface area contributed by atoms with E-state index in [1.807, 2.05) is 13.8 Å². The van der Waals surface area contributed by atoms with Gasteiger partial charge in [-0.25, -0.2) is 8.78 Å². The summed E-state index contributed by atoms with van der Waals surface area (Å²) >= 11 is 3.24. The number of carbonyl (C=O) groups is 1. The number of hydrogen-bond donors (Lipinski definition) is 1. The molecule has 1 atom stereocenters. The van der Waals surface area contributed by atoms with Crippen molar-refractivity contribution in [3.8, 4) is 0 Å². The minimum Gasteiger partial charge on any atom is -0.348 e. The van der Waals surface area contributed by atoms with Crippen LogP contribution in [0.3, 0.4) is 0 Å². The van der Waals surface area contributed by atoms with E-state index in [0.717, 1.165) is 0 Å². The second kappa shape index (κ2) is 7.44. The van der Waals surface area contributed by atoms with Crippen LogP contribution in [-0.4, -0.2) is 22.2 Å². The summed E-state index contributed by atoms with van der Waals surface area (Å²) in [6, 6.07) is 0.699. The number of nitro benzene ring substituents is 1. The van der Waals surface area contributed by atoms with Crippen molar-refractivity contribution in [1.29, 1.82) is 0 Å². The average molecular weight is 365 g/mol. The van der Waals surface area contributed by atoms with Gasteiger partial charge in [-0.15, -0.1) is 0 Å². The highest BCUT2D eigenvalue weighted by atomic mass is 79.9. The Bertz CT molecular complexity index is 552. The molecule has 0 aromatic heterocycles. The molecule has 0 aliphatic rings. The number of nitrogens with one attached hydrogen (secondary N) is 1. The lowest BCUT2D eigenvalue weighted by atomic mass is 10.0. The lowest BCUT2D eigenvalue weighted by Crippen LogP contribution is -2.37. The highest BCUT2D eigenvalue weighted by Gasteiger charge is 2.25. The molecule has 5 nitrogen and oxygen atoms in total. The van der Waals surface area contributed by atoms with Gasteiger partial charge in [-0.3, -0.25) is 14.9 Å². The third-order valence-electron chi connectivity index (χ3n) is 2.76. The summed E-state index contributed by atoms with van der Waals surface area (Å²) < 4.78 is 26.3. The van der Waals surface area contributed by atoms with Crippen molar-refractivity contribution < 1.29 is 18.5 Å². The fraction of sp³-hybridized carbons (Fsp3) is 0.462. The molecule has 0 fully saturated rings. The molecule has 0 heterocycles. The molecule has 0 aliphatic carbocycles. The molecule has 1 unspecified atom stereocenters. The van der Waals surface area contributed by atoms with Gasteiger partial charge in [0.1, 0.15) is 5.56 Å². The van der Waals surface area contributed by atoms with E-state index in [4.69, 9.17) is 0 Å². The molecule has 1 N–H and O–H groups in total. The number of carbonyl (C=O) groups excluding carboxylic acids is 1. The van der Waals surface area contributed by atoms with Crippen LogP contribution in [0.2, 0.25) is 0 Å². The Morgan fingerprint density at radius 3 is 2.43 bits per heavy atom. The highest BCUT2D eigenvalue weighted by molar-refractivity contribution is 9.09. The fourth-order valence-corrected chi connectivity index (χ4v) is 2.29. The first kappa shape index (κ1) is 17.5. The number of nitrogens with zero attached hydrogens (tertiary/aromatic N) is 1. The standard InChI is InChI=1S/C13H15BrF2N2O3/c1-7(2)3-8(6-14)17-13(19)9-4-10(15)11(16)5-12(9)18(20)21/h4-5,7-8H,3,6H2,1-2H3,(H,17,19). The van der Waals surface area contributed by atoms with Crippen molar-refractivity contribution in [2.75, 3.05) is 5.33 Å². The van der Waals surface area contributed by atoms with Gasteiger partial charge in [-0.2, -0.15) is 0 Å². The quantitative estimate of drug-likeness (QED) is 0.477. The van der Waals surface area contributed by atoms with Crippen molar-refractivity contribution in [3.05, 3.63) is 39.4 Å². The van der Waals surface area contributed by atoms with Gasteiger partial charge in [-0.05, 0) is 18.4 Å². The van der Waals surface area contributed by atoms with E-state index in [0.29, 0.717) is 29.8 Å². The number of amides is 1. The van der Waals surface area contributed by atoms with Gasteiger partial charge in [0.05, 0.1) is 11.0 Å². The summed E-state index contributed by atoms with van der Waals surface area (Å²) in [5.41, 5.74) is -1.25. The maximum atomic E-state index is 13.2. The van der Waals surface area contributed by atoms with Crippen LogP contribution in [0.4, 0.5) is 14.5 Å². The van der Waals surface area contributed by atoms with E-state index in [9.17, 15) is 23.7 Å². The van der Waals surface area contributed by atoms with Gasteiger partial charge in [0, 0.05) is 11.4 Å². The second-order valence-corrected chi connectivity index (χ2v) is 5.64. The monoisotopic (exact) mass is 364 g/mol. The topological polar surface area (TPSA) is 72.2 Å². The van der Waals surface area contributed by atoms with Gasteiger partial charge in [0.25, 0.3) is 11.6 Å². The van der Waals surface area contributed by atoms with Gasteiger partial charge in [0.2, 0.25) is 0 Å². The van der Waals surface area contributed by atoms with Crippen LogP contribution in [0, 0.1) is 27.7 Å². The van der Waals surface area contributed by atoms with Gasteiger partial charge in [-0.1, -0.05) is 29.8 Å². The Labute approximate surface area is 129 Å². The molecule has 0 saturated heterocycles. The van der Waals surface area contributed by atoms with E-state index >= 15 is 0 Å². The summed E-state index contributed by atoms with van der Waals surface area (Å²) in [7, 11) is 0. The van der Waals surface area contributed by atoms with Crippen molar-refractivity contribution in [3.63, 3.8) is 0 Å². The minimum absolute atomic E-state index is 0.259. The summed E-state index contributed by atoms with van der Waals surface area (Å²) in [5.74, 6) is -3.17. The molecule has 0 radical (unpaired) electrons. The lowest BCUT2D eigenvalue weighted by molar-refractivity contribution is -0.385. The third-order valence-corrected chi connectivity index (χ3v) is 3.54. The Morgan fingerprint density at radius 1 is 1.38 bits per heavy atom. The molecule has 0 bridgehead atoms. The molecule has 0 aliphatic heterocycles. The molecule has 21 heavy (non-hydrogen) atoms. The first-order valence-corrected chi connectivity index (χ1v) is 7.38. The number of hydrogen-bond acceptors (Lipinski definition) is 3. The summed E-state index contributed by atoms with van der Waals surface area (Å²) in [4.78, 5) is 22.0. The molecule has 8 heteroatoms. The molecule has 1 aromatic carbocycles. The van der Waals surface area contributed by atoms with Crippen LogP contribution in [0.1, 0.15) is 30.6 Å². The van der Waals surface area contributed by atoms with E-state index in [-0.39, 0.29) is 6.04 Å².